The minimum Gasteiger partial charge on any atom is -0.467 e. The highest BCUT2D eigenvalue weighted by atomic mass is 16.5. The summed E-state index contributed by atoms with van der Waals surface area (Å²) in [5, 5.41) is 3.45. The van der Waals surface area contributed by atoms with E-state index >= 15 is 0 Å². The zero-order chi connectivity index (χ0) is 13.1. The van der Waals surface area contributed by atoms with Crippen LogP contribution >= 0.6 is 0 Å². The molecule has 1 aromatic heterocycles. The molecule has 4 heteroatoms. The number of hydrogen-bond donors (Lipinski definition) is 1. The molecule has 1 fully saturated rings. The summed E-state index contributed by atoms with van der Waals surface area (Å²) >= 11 is 0. The Morgan fingerprint density at radius 2 is 2.28 bits per heavy atom. The van der Waals surface area contributed by atoms with Crippen molar-refractivity contribution in [3.63, 3.8) is 0 Å². The van der Waals surface area contributed by atoms with Crippen LogP contribution in [0.25, 0.3) is 0 Å². The van der Waals surface area contributed by atoms with Gasteiger partial charge in [-0.2, -0.15) is 0 Å². The maximum Gasteiger partial charge on any atom is 0.126 e. The first-order valence-electron chi connectivity index (χ1n) is 6.69. The topological polar surface area (TPSA) is 37.6 Å². The molecule has 4 nitrogen and oxygen atoms in total. The molecule has 2 heterocycles. The van der Waals surface area contributed by atoms with E-state index in [1.165, 1.54) is 5.56 Å². The van der Waals surface area contributed by atoms with Crippen molar-refractivity contribution in [3.8, 4) is 0 Å². The number of nitrogens with zero attached hydrogens (tertiary/aromatic N) is 1. The van der Waals surface area contributed by atoms with Gasteiger partial charge in [0.25, 0.3) is 0 Å². The van der Waals surface area contributed by atoms with Crippen LogP contribution in [-0.2, 0) is 4.74 Å². The van der Waals surface area contributed by atoms with Gasteiger partial charge in [-0.1, -0.05) is 13.8 Å². The lowest BCUT2D eigenvalue weighted by Crippen LogP contribution is -2.48. The molecule has 0 aliphatic carbocycles. The lowest BCUT2D eigenvalue weighted by atomic mass is 10.0. The summed E-state index contributed by atoms with van der Waals surface area (Å²) in [6.45, 7) is 8.99. The molecule has 2 rings (SSSR count). The quantitative estimate of drug-likeness (QED) is 0.889. The Labute approximate surface area is 109 Å². The summed E-state index contributed by atoms with van der Waals surface area (Å²) in [6.07, 6.45) is 1.91. The zero-order valence-electron chi connectivity index (χ0n) is 11.8. The van der Waals surface area contributed by atoms with Crippen molar-refractivity contribution in [3.05, 3.63) is 23.7 Å². The first-order chi connectivity index (χ1) is 8.59. The van der Waals surface area contributed by atoms with Gasteiger partial charge in [-0.3, -0.25) is 4.90 Å². The van der Waals surface area contributed by atoms with Crippen molar-refractivity contribution < 1.29 is 9.15 Å². The van der Waals surface area contributed by atoms with Crippen LogP contribution in [-0.4, -0.2) is 43.8 Å². The smallest absolute Gasteiger partial charge is 0.126 e. The SMILES string of the molecule is Cc1ccoc1C1C(CNC(C)C)OCCN1C. The fourth-order valence-electron chi connectivity index (χ4n) is 2.44. The molecule has 0 bridgehead atoms. The van der Waals surface area contributed by atoms with Crippen molar-refractivity contribution >= 4 is 0 Å². The number of hydrogen-bond acceptors (Lipinski definition) is 4. The molecule has 1 aliphatic rings. The van der Waals surface area contributed by atoms with Gasteiger partial charge in [-0.15, -0.1) is 0 Å². The Morgan fingerprint density at radius 1 is 1.50 bits per heavy atom. The standard InChI is InChI=1S/C14H24N2O2/c1-10(2)15-9-12-13(16(4)6-8-17-12)14-11(3)5-7-18-14/h5,7,10,12-13,15H,6,8-9H2,1-4H3. The highest BCUT2D eigenvalue weighted by Gasteiger charge is 2.34. The molecule has 1 N–H and O–H groups in total. The zero-order valence-corrected chi connectivity index (χ0v) is 11.8. The van der Waals surface area contributed by atoms with Gasteiger partial charge in [0.15, 0.2) is 0 Å². The van der Waals surface area contributed by atoms with Crippen molar-refractivity contribution in [1.82, 2.24) is 10.2 Å². The maximum atomic E-state index is 5.93. The Kier molecular flexibility index (Phi) is 4.43. The van der Waals surface area contributed by atoms with Crippen LogP contribution < -0.4 is 5.32 Å². The number of furan rings is 1. The summed E-state index contributed by atoms with van der Waals surface area (Å²) in [7, 11) is 2.14. The van der Waals surface area contributed by atoms with Gasteiger partial charge in [0.2, 0.25) is 0 Å². The fraction of sp³-hybridized carbons (Fsp3) is 0.714. The molecule has 0 aromatic carbocycles. The normalized spacial score (nSPS) is 25.8. The molecule has 18 heavy (non-hydrogen) atoms. The summed E-state index contributed by atoms with van der Waals surface area (Å²) < 4.78 is 11.6. The predicted molar refractivity (Wildman–Crippen MR) is 71.7 cm³/mol. The molecule has 102 valence electrons. The van der Waals surface area contributed by atoms with Crippen molar-refractivity contribution in [2.45, 2.75) is 39.0 Å². The minimum atomic E-state index is 0.149. The van der Waals surface area contributed by atoms with E-state index in [4.69, 9.17) is 9.15 Å². The van der Waals surface area contributed by atoms with E-state index in [2.05, 4.69) is 38.0 Å². The second kappa shape index (κ2) is 5.87. The van der Waals surface area contributed by atoms with E-state index in [1.54, 1.807) is 6.26 Å². The maximum absolute atomic E-state index is 5.93. The largest absolute Gasteiger partial charge is 0.467 e. The third-order valence-electron chi connectivity index (χ3n) is 3.50. The second-order valence-electron chi connectivity index (χ2n) is 5.37. The van der Waals surface area contributed by atoms with Crippen LogP contribution in [0.2, 0.25) is 0 Å². The Bertz CT molecular complexity index is 376. The van der Waals surface area contributed by atoms with Crippen LogP contribution in [0.5, 0.6) is 0 Å². The molecular formula is C14H24N2O2. The molecule has 0 saturated carbocycles. The first kappa shape index (κ1) is 13.6. The van der Waals surface area contributed by atoms with Crippen LogP contribution in [0.15, 0.2) is 16.7 Å². The summed E-state index contributed by atoms with van der Waals surface area (Å²) in [4.78, 5) is 2.32. The van der Waals surface area contributed by atoms with E-state index in [0.717, 1.165) is 25.5 Å². The number of ether oxygens (including phenoxy) is 1. The van der Waals surface area contributed by atoms with E-state index in [9.17, 15) is 0 Å². The average Bonchev–Trinajstić information content (AvgIpc) is 2.72. The van der Waals surface area contributed by atoms with E-state index in [0.29, 0.717) is 6.04 Å². The Morgan fingerprint density at radius 3 is 2.89 bits per heavy atom. The van der Waals surface area contributed by atoms with Gasteiger partial charge in [0.1, 0.15) is 5.76 Å². The monoisotopic (exact) mass is 252 g/mol. The first-order valence-corrected chi connectivity index (χ1v) is 6.69. The van der Waals surface area contributed by atoms with Gasteiger partial charge < -0.3 is 14.5 Å². The molecule has 0 spiro atoms. The van der Waals surface area contributed by atoms with Crippen molar-refractivity contribution in [2.24, 2.45) is 0 Å². The lowest BCUT2D eigenvalue weighted by molar-refractivity contribution is -0.0684. The average molecular weight is 252 g/mol. The van der Waals surface area contributed by atoms with E-state index in [1.807, 2.05) is 6.07 Å². The van der Waals surface area contributed by atoms with Crippen LogP contribution in [0, 0.1) is 6.92 Å². The number of likely N-dealkylation sites (N-methyl/N-ethyl adjacent to an activating group) is 1. The van der Waals surface area contributed by atoms with E-state index < -0.39 is 0 Å². The molecule has 2 atom stereocenters. The lowest BCUT2D eigenvalue weighted by Gasteiger charge is -2.38. The van der Waals surface area contributed by atoms with Crippen LogP contribution in [0.3, 0.4) is 0 Å². The molecular weight excluding hydrogens is 228 g/mol. The summed E-state index contributed by atoms with van der Waals surface area (Å²) in [5.74, 6) is 1.03. The molecule has 1 aromatic rings. The third-order valence-corrected chi connectivity index (χ3v) is 3.50. The molecule has 0 radical (unpaired) electrons. The second-order valence-corrected chi connectivity index (χ2v) is 5.37. The highest BCUT2D eigenvalue weighted by Crippen LogP contribution is 2.30. The fourth-order valence-corrected chi connectivity index (χ4v) is 2.44. The number of nitrogens with one attached hydrogen (secondary N) is 1. The van der Waals surface area contributed by atoms with Gasteiger partial charge in [0, 0.05) is 19.1 Å². The summed E-state index contributed by atoms with van der Waals surface area (Å²) in [5.41, 5.74) is 1.20. The molecule has 0 amide bonds. The Hall–Kier alpha value is -0.840. The van der Waals surface area contributed by atoms with E-state index in [-0.39, 0.29) is 12.1 Å². The number of aryl methyl sites for hydroxylation is 1. The van der Waals surface area contributed by atoms with Crippen molar-refractivity contribution in [1.29, 1.82) is 0 Å². The van der Waals surface area contributed by atoms with Gasteiger partial charge in [-0.05, 0) is 25.6 Å². The number of morpholine rings is 1. The summed E-state index contributed by atoms with van der Waals surface area (Å²) in [6, 6.07) is 2.70. The van der Waals surface area contributed by atoms with Crippen molar-refractivity contribution in [2.75, 3.05) is 26.7 Å². The molecule has 1 aliphatic heterocycles. The highest BCUT2D eigenvalue weighted by molar-refractivity contribution is 5.20. The number of rotatable bonds is 4. The van der Waals surface area contributed by atoms with Crippen LogP contribution in [0.4, 0.5) is 0 Å². The Balaban J connectivity index is 2.13. The molecule has 1 saturated heterocycles. The van der Waals surface area contributed by atoms with Gasteiger partial charge in [0.05, 0.1) is 25.0 Å². The van der Waals surface area contributed by atoms with Crippen LogP contribution in [0.1, 0.15) is 31.2 Å². The van der Waals surface area contributed by atoms with Gasteiger partial charge in [-0.25, -0.2) is 0 Å². The van der Waals surface area contributed by atoms with Gasteiger partial charge >= 0.3 is 0 Å². The predicted octanol–water partition coefficient (Wildman–Crippen LogP) is 1.96. The third kappa shape index (κ3) is 2.94. The minimum absolute atomic E-state index is 0.149. The molecule has 2 unspecified atom stereocenters.